The fourth-order valence-electron chi connectivity index (χ4n) is 3.03. The Hall–Kier alpha value is -3.11. The van der Waals surface area contributed by atoms with Crippen LogP contribution in [-0.4, -0.2) is 31.3 Å². The average Bonchev–Trinajstić information content (AvgIpc) is 3.11. The van der Waals surface area contributed by atoms with Gasteiger partial charge in [-0.2, -0.15) is 0 Å². The lowest BCUT2D eigenvalue weighted by Crippen LogP contribution is -2.15. The van der Waals surface area contributed by atoms with Gasteiger partial charge in [-0.1, -0.05) is 23.4 Å². The highest BCUT2D eigenvalue weighted by molar-refractivity contribution is 7.99. The molecule has 1 heterocycles. The summed E-state index contributed by atoms with van der Waals surface area (Å²) in [4.78, 5) is 22.4. The lowest BCUT2D eigenvalue weighted by atomic mass is 10.1. The molecule has 0 aliphatic heterocycles. The molecule has 3 aromatic rings. The summed E-state index contributed by atoms with van der Waals surface area (Å²) in [6.45, 7) is 5.72. The molecule has 3 rings (SSSR count). The Balaban J connectivity index is 1.59. The first kappa shape index (κ1) is 23.6. The van der Waals surface area contributed by atoms with Crippen molar-refractivity contribution in [3.63, 3.8) is 0 Å². The number of nitrogens with one attached hydrogen (secondary N) is 1. The van der Waals surface area contributed by atoms with Crippen LogP contribution in [0.2, 0.25) is 5.02 Å². The molecule has 0 saturated carbocycles. The van der Waals surface area contributed by atoms with Crippen molar-refractivity contribution in [1.29, 1.82) is 0 Å². The minimum atomic E-state index is -0.493. The zero-order chi connectivity index (χ0) is 23.4. The molecule has 0 aliphatic rings. The van der Waals surface area contributed by atoms with Crippen molar-refractivity contribution in [3.8, 4) is 5.75 Å². The summed E-state index contributed by atoms with van der Waals surface area (Å²) < 4.78 is 7.81. The number of thioether (sulfide) groups is 1. The maximum atomic E-state index is 12.2. The number of hydrogen-bond acceptors (Lipinski definition) is 7. The van der Waals surface area contributed by atoms with Crippen LogP contribution >= 0.6 is 23.4 Å². The van der Waals surface area contributed by atoms with Crippen LogP contribution in [0.3, 0.4) is 0 Å². The van der Waals surface area contributed by atoms with Gasteiger partial charge in [0, 0.05) is 29.9 Å². The van der Waals surface area contributed by atoms with Crippen molar-refractivity contribution in [1.82, 2.24) is 14.8 Å². The first-order valence-electron chi connectivity index (χ1n) is 9.65. The van der Waals surface area contributed by atoms with Crippen LogP contribution in [0, 0.1) is 24.0 Å². The smallest absolute Gasteiger partial charge is 0.269 e. The monoisotopic (exact) mass is 475 g/mol. The first-order valence-corrected chi connectivity index (χ1v) is 11.0. The summed E-state index contributed by atoms with van der Waals surface area (Å²) in [5, 5.41) is 23.1. The van der Waals surface area contributed by atoms with Gasteiger partial charge < -0.3 is 14.6 Å². The molecular formula is C21H22ClN5O4S. The van der Waals surface area contributed by atoms with Crippen molar-refractivity contribution in [2.24, 2.45) is 7.05 Å². The van der Waals surface area contributed by atoms with Gasteiger partial charge in [-0.3, -0.25) is 14.9 Å². The zero-order valence-electron chi connectivity index (χ0n) is 18.0. The van der Waals surface area contributed by atoms with E-state index in [0.717, 1.165) is 11.1 Å². The molecule has 1 amide bonds. The summed E-state index contributed by atoms with van der Waals surface area (Å²) in [7, 11) is 1.81. The Labute approximate surface area is 194 Å². The van der Waals surface area contributed by atoms with E-state index in [1.807, 2.05) is 40.0 Å². The van der Waals surface area contributed by atoms with Crippen LogP contribution in [0.4, 0.5) is 11.4 Å². The van der Waals surface area contributed by atoms with E-state index >= 15 is 0 Å². The summed E-state index contributed by atoms with van der Waals surface area (Å²) in [5.74, 6) is 1.16. The maximum Gasteiger partial charge on any atom is 0.269 e. The van der Waals surface area contributed by atoms with E-state index < -0.39 is 4.92 Å². The van der Waals surface area contributed by atoms with E-state index in [4.69, 9.17) is 16.3 Å². The fraction of sp³-hybridized carbons (Fsp3) is 0.286. The Bertz CT molecular complexity index is 1130. The highest BCUT2D eigenvalue weighted by Crippen LogP contribution is 2.29. The SMILES string of the molecule is Cc1cc(OC(C)c2nnc(SCC(=O)Nc3ccc([N+](=O)[O-])cc3)n2C)cc(C)c1Cl. The summed E-state index contributed by atoms with van der Waals surface area (Å²) in [5.41, 5.74) is 2.31. The van der Waals surface area contributed by atoms with Gasteiger partial charge in [0.1, 0.15) is 5.75 Å². The number of amides is 1. The number of non-ortho nitro benzene ring substituents is 1. The third kappa shape index (κ3) is 5.57. The van der Waals surface area contributed by atoms with Gasteiger partial charge in [-0.25, -0.2) is 0 Å². The standard InChI is InChI=1S/C21H22ClN5O4S/c1-12-9-17(10-13(2)19(12)22)31-14(3)20-24-25-21(26(20)4)32-11-18(28)23-15-5-7-16(8-6-15)27(29)30/h5-10,14H,11H2,1-4H3,(H,23,28). The molecular weight excluding hydrogens is 454 g/mol. The van der Waals surface area contributed by atoms with Crippen LogP contribution in [0.15, 0.2) is 41.6 Å². The van der Waals surface area contributed by atoms with Gasteiger partial charge >= 0.3 is 0 Å². The van der Waals surface area contributed by atoms with Crippen molar-refractivity contribution in [2.75, 3.05) is 11.1 Å². The van der Waals surface area contributed by atoms with Crippen LogP contribution < -0.4 is 10.1 Å². The van der Waals surface area contributed by atoms with Gasteiger partial charge in [-0.05, 0) is 56.2 Å². The van der Waals surface area contributed by atoms with E-state index in [0.29, 0.717) is 27.4 Å². The van der Waals surface area contributed by atoms with E-state index in [2.05, 4.69) is 15.5 Å². The predicted molar refractivity (Wildman–Crippen MR) is 123 cm³/mol. The molecule has 11 heteroatoms. The van der Waals surface area contributed by atoms with Crippen LogP contribution in [0.25, 0.3) is 0 Å². The number of carbonyl (C=O) groups excluding carboxylic acids is 1. The second-order valence-corrected chi connectivity index (χ2v) is 8.49. The Morgan fingerprint density at radius 2 is 1.88 bits per heavy atom. The number of benzene rings is 2. The van der Waals surface area contributed by atoms with Crippen LogP contribution in [0.1, 0.15) is 30.0 Å². The normalized spacial score (nSPS) is 11.8. The minimum Gasteiger partial charge on any atom is -0.483 e. The third-order valence-corrected chi connectivity index (χ3v) is 6.27. The van der Waals surface area contributed by atoms with Gasteiger partial charge in [0.2, 0.25) is 5.91 Å². The van der Waals surface area contributed by atoms with Crippen LogP contribution in [0.5, 0.6) is 5.75 Å². The lowest BCUT2D eigenvalue weighted by Gasteiger charge is -2.16. The minimum absolute atomic E-state index is 0.0377. The molecule has 32 heavy (non-hydrogen) atoms. The van der Waals surface area contributed by atoms with E-state index in [-0.39, 0.29) is 23.5 Å². The highest BCUT2D eigenvalue weighted by Gasteiger charge is 2.19. The van der Waals surface area contributed by atoms with Crippen molar-refractivity contribution in [3.05, 3.63) is 68.5 Å². The van der Waals surface area contributed by atoms with Crippen molar-refractivity contribution < 1.29 is 14.5 Å². The molecule has 9 nitrogen and oxygen atoms in total. The number of carbonyl (C=O) groups is 1. The van der Waals surface area contributed by atoms with Gasteiger partial charge in [-0.15, -0.1) is 10.2 Å². The quantitative estimate of drug-likeness (QED) is 0.281. The zero-order valence-corrected chi connectivity index (χ0v) is 19.5. The van der Waals surface area contributed by atoms with Crippen molar-refractivity contribution >= 4 is 40.6 Å². The number of rotatable bonds is 8. The molecule has 0 bridgehead atoms. The Morgan fingerprint density at radius 3 is 2.47 bits per heavy atom. The van der Waals surface area contributed by atoms with E-state index in [9.17, 15) is 14.9 Å². The predicted octanol–water partition coefficient (Wildman–Crippen LogP) is 4.86. The lowest BCUT2D eigenvalue weighted by molar-refractivity contribution is -0.384. The van der Waals surface area contributed by atoms with Crippen LogP contribution in [-0.2, 0) is 11.8 Å². The van der Waals surface area contributed by atoms with E-state index in [1.54, 1.807) is 4.57 Å². The van der Waals surface area contributed by atoms with E-state index in [1.165, 1.54) is 36.0 Å². The third-order valence-electron chi connectivity index (χ3n) is 4.65. The number of nitrogens with zero attached hydrogens (tertiary/aromatic N) is 4. The van der Waals surface area contributed by atoms with Crippen molar-refractivity contribution in [2.45, 2.75) is 32.0 Å². The number of ether oxygens (including phenoxy) is 1. The molecule has 0 saturated heterocycles. The topological polar surface area (TPSA) is 112 Å². The highest BCUT2D eigenvalue weighted by atomic mass is 35.5. The number of halogens is 1. The number of anilines is 1. The number of nitro benzene ring substituents is 1. The molecule has 0 fully saturated rings. The molecule has 1 aromatic heterocycles. The second kappa shape index (κ2) is 10.0. The summed E-state index contributed by atoms with van der Waals surface area (Å²) in [6, 6.07) is 9.40. The maximum absolute atomic E-state index is 12.2. The molecule has 168 valence electrons. The second-order valence-electron chi connectivity index (χ2n) is 7.17. The average molecular weight is 476 g/mol. The molecule has 1 N–H and O–H groups in total. The largest absolute Gasteiger partial charge is 0.483 e. The molecule has 1 unspecified atom stereocenters. The summed E-state index contributed by atoms with van der Waals surface area (Å²) >= 11 is 7.45. The summed E-state index contributed by atoms with van der Waals surface area (Å²) in [6.07, 6.45) is -0.365. The Kier molecular flexibility index (Phi) is 7.37. The van der Waals surface area contributed by atoms with Gasteiger partial charge in [0.15, 0.2) is 17.1 Å². The molecule has 0 spiro atoms. The number of hydrogen-bond donors (Lipinski definition) is 1. The first-order chi connectivity index (χ1) is 15.2. The number of aromatic nitrogens is 3. The molecule has 0 radical (unpaired) electrons. The molecule has 2 aromatic carbocycles. The number of nitro groups is 1. The fourth-order valence-corrected chi connectivity index (χ4v) is 3.86. The molecule has 1 atom stereocenters. The Morgan fingerprint density at radius 1 is 1.25 bits per heavy atom. The number of aryl methyl sites for hydroxylation is 2. The molecule has 0 aliphatic carbocycles. The van der Waals surface area contributed by atoms with Gasteiger partial charge in [0.25, 0.3) is 5.69 Å². The van der Waals surface area contributed by atoms with Gasteiger partial charge in [0.05, 0.1) is 10.7 Å².